The van der Waals surface area contributed by atoms with E-state index in [-0.39, 0.29) is 84.0 Å². The molecule has 8 atom stereocenters. The van der Waals surface area contributed by atoms with Crippen molar-refractivity contribution in [1.29, 1.82) is 0 Å². The topological polar surface area (TPSA) is 150 Å². The van der Waals surface area contributed by atoms with Crippen molar-refractivity contribution in [3.8, 4) is 0 Å². The molecule has 2 amide bonds. The van der Waals surface area contributed by atoms with Gasteiger partial charge in [-0.05, 0) is 75.6 Å². The molecule has 0 spiro atoms. The molecule has 4 saturated heterocycles. The predicted molar refractivity (Wildman–Crippen MR) is 226 cm³/mol. The molecule has 10 rings (SSSR count). The summed E-state index contributed by atoms with van der Waals surface area (Å²) in [5, 5.41) is 20.7. The lowest BCUT2D eigenvalue weighted by Gasteiger charge is -2.36. The van der Waals surface area contributed by atoms with Crippen molar-refractivity contribution in [2.45, 2.75) is 76.8 Å². The van der Waals surface area contributed by atoms with Gasteiger partial charge in [0.05, 0.1) is 50.6 Å². The molecule has 2 aromatic rings. The lowest BCUT2D eigenvalue weighted by atomic mass is 9.88. The van der Waals surface area contributed by atoms with E-state index >= 15 is 0 Å². The van der Waals surface area contributed by atoms with Crippen LogP contribution < -0.4 is 11.1 Å². The van der Waals surface area contributed by atoms with Gasteiger partial charge in [0, 0.05) is 112 Å². The number of allylic oxidation sites excluding steroid dienone is 2. The summed E-state index contributed by atoms with van der Waals surface area (Å²) in [5.74, 6) is 1.31. The number of likely N-dealkylation sites (tertiary alicyclic amines) is 2. The van der Waals surface area contributed by atoms with E-state index in [1.54, 1.807) is 0 Å². The highest BCUT2D eigenvalue weighted by atomic mass is 16.5. The average molecular weight is 827 g/mol. The number of carbonyl (C=O) groups excluding carboxylic acids is 2. The van der Waals surface area contributed by atoms with Gasteiger partial charge in [0.25, 0.3) is 11.1 Å². The maximum absolute atomic E-state index is 13.6. The van der Waals surface area contributed by atoms with E-state index < -0.39 is 0 Å². The van der Waals surface area contributed by atoms with Crippen molar-refractivity contribution in [3.05, 3.63) is 79.6 Å². The van der Waals surface area contributed by atoms with E-state index in [1.807, 2.05) is 69.2 Å². The van der Waals surface area contributed by atoms with Crippen LogP contribution in [-0.2, 0) is 32.2 Å². The number of amides is 2. The number of hydrogen-bond donors (Lipinski definition) is 2. The van der Waals surface area contributed by atoms with Crippen molar-refractivity contribution in [2.24, 2.45) is 35.5 Å². The fourth-order valence-electron chi connectivity index (χ4n) is 11.4. The maximum atomic E-state index is 13.6. The minimum atomic E-state index is -0.317. The summed E-state index contributed by atoms with van der Waals surface area (Å²) >= 11 is 0. The number of fused-ring (bicyclic) bond motifs is 6. The summed E-state index contributed by atoms with van der Waals surface area (Å²) in [7, 11) is 0. The molecule has 2 N–H and O–H groups in total. The number of morpholine rings is 2. The highest BCUT2D eigenvalue weighted by Crippen LogP contribution is 2.52. The van der Waals surface area contributed by atoms with Gasteiger partial charge in [-0.25, -0.2) is 0 Å². The Hall–Kier alpha value is -3.92. The number of aliphatic hydroxyl groups is 2. The van der Waals surface area contributed by atoms with E-state index in [0.29, 0.717) is 88.7 Å². The van der Waals surface area contributed by atoms with Crippen molar-refractivity contribution >= 4 is 24.0 Å². The molecule has 0 radical (unpaired) electrons. The molecule has 2 saturated carbocycles. The molecule has 8 aliphatic rings. The van der Waals surface area contributed by atoms with Crippen molar-refractivity contribution in [3.63, 3.8) is 0 Å². The van der Waals surface area contributed by atoms with Crippen LogP contribution in [0.4, 0.5) is 0 Å². The second-order valence-electron chi connectivity index (χ2n) is 18.2. The number of aliphatic hydroxyl groups excluding tert-OH is 2. The smallest absolute Gasteiger partial charge is 0.258 e. The van der Waals surface area contributed by atoms with Crippen LogP contribution in [0.15, 0.2) is 46.0 Å². The molecule has 60 heavy (non-hydrogen) atoms. The molecular weight excluding hydrogens is 765 g/mol. The third-order valence-corrected chi connectivity index (χ3v) is 14.6. The van der Waals surface area contributed by atoms with Crippen LogP contribution in [0, 0.1) is 35.5 Å². The summed E-state index contributed by atoms with van der Waals surface area (Å²) < 4.78 is 14.6. The molecule has 2 aromatic heterocycles. The minimum Gasteiger partial charge on any atom is -0.396 e. The number of hydrogen-bond acceptors (Lipinski definition) is 10. The van der Waals surface area contributed by atoms with Gasteiger partial charge in [0.2, 0.25) is 11.8 Å². The zero-order valence-electron chi connectivity index (χ0n) is 35.1. The molecule has 14 nitrogen and oxygen atoms in total. The summed E-state index contributed by atoms with van der Waals surface area (Å²) in [4.78, 5) is 61.6. The predicted octanol–water partition coefficient (Wildman–Crippen LogP) is 2.23. The van der Waals surface area contributed by atoms with E-state index in [2.05, 4.69) is 21.9 Å². The molecule has 0 aromatic carbocycles. The number of rotatable bonds is 10. The molecule has 0 unspecified atom stereocenters. The molecular formula is C46H62N6O8. The van der Waals surface area contributed by atoms with Gasteiger partial charge in [-0.1, -0.05) is 24.3 Å². The summed E-state index contributed by atoms with van der Waals surface area (Å²) in [5.41, 5.74) is 3.43. The first-order valence-electron chi connectivity index (χ1n) is 22.5. The Morgan fingerprint density at radius 2 is 1.02 bits per heavy atom. The Labute approximate surface area is 352 Å². The largest absolute Gasteiger partial charge is 0.396 e. The van der Waals surface area contributed by atoms with Crippen molar-refractivity contribution < 1.29 is 29.3 Å². The van der Waals surface area contributed by atoms with Crippen LogP contribution in [0.1, 0.15) is 74.1 Å². The molecule has 0 bridgehead atoms. The Kier molecular flexibility index (Phi) is 12.1. The Bertz CT molecular complexity index is 1950. The highest BCUT2D eigenvalue weighted by Gasteiger charge is 2.58. The third-order valence-electron chi connectivity index (χ3n) is 14.6. The van der Waals surface area contributed by atoms with Crippen LogP contribution in [0.25, 0.3) is 12.2 Å². The van der Waals surface area contributed by atoms with Crippen LogP contribution in [-0.4, -0.2) is 142 Å². The lowest BCUT2D eigenvalue weighted by molar-refractivity contribution is -0.143. The molecule has 14 heteroatoms. The maximum Gasteiger partial charge on any atom is 0.258 e. The fourth-order valence-corrected chi connectivity index (χ4v) is 11.4. The van der Waals surface area contributed by atoms with E-state index in [0.717, 1.165) is 24.5 Å². The number of pyridine rings is 2. The zero-order chi connectivity index (χ0) is 41.7. The summed E-state index contributed by atoms with van der Waals surface area (Å²) in [6.07, 6.45) is 12.2. The fraction of sp³-hybridized carbons (Fsp3) is 0.652. The van der Waals surface area contributed by atoms with E-state index in [4.69, 9.17) is 9.47 Å². The number of carbonyl (C=O) groups is 2. The van der Waals surface area contributed by atoms with Gasteiger partial charge in [-0.15, -0.1) is 0 Å². The van der Waals surface area contributed by atoms with Gasteiger partial charge >= 0.3 is 0 Å². The normalized spacial score (nSPS) is 31.3. The SMILES string of the molecule is C/C=C/c1ccc2n(c1=O)C[C@@H]1[C@@H](CO)[C@H](C(=O)N3CCOCC3)N(CC3CC3)[C@H]21.C/C=C\c1ccc2n(c1=O)C[C@@H]1[C@@H](CO)[C@H](C(=O)N3CCOCC3)N(CC3CC3)[C@H]21. The van der Waals surface area contributed by atoms with Gasteiger partial charge in [-0.3, -0.25) is 29.0 Å². The number of ether oxygens (including phenoxy) is 2. The van der Waals surface area contributed by atoms with E-state index in [1.165, 1.54) is 25.7 Å². The van der Waals surface area contributed by atoms with Crippen molar-refractivity contribution in [2.75, 3.05) is 78.9 Å². The van der Waals surface area contributed by atoms with Crippen LogP contribution in [0.3, 0.4) is 0 Å². The average Bonchev–Trinajstić information content (AvgIpc) is 4.15. The quantitative estimate of drug-likeness (QED) is 0.366. The lowest BCUT2D eigenvalue weighted by Crippen LogP contribution is -2.53. The standard InChI is InChI=1S/2C23H31N3O4/c2*1-2-3-16-6-7-19-20-17(13-25(19)22(16)28)18(14-27)21(26(20)12-15-4-5-15)23(29)24-8-10-30-11-9-24/h2*2-3,6-7,15,17-18,20-21,27H,4-5,8-14H2,1H3/b3-2+;3-2-/t2*17-,18-,20+,21-/m11/s1. The molecule has 324 valence electrons. The first-order valence-corrected chi connectivity index (χ1v) is 22.5. The Morgan fingerprint density at radius 1 is 0.633 bits per heavy atom. The number of nitrogens with zero attached hydrogens (tertiary/aromatic N) is 6. The van der Waals surface area contributed by atoms with Gasteiger partial charge in [0.15, 0.2) is 0 Å². The molecule has 8 heterocycles. The molecule has 6 fully saturated rings. The van der Waals surface area contributed by atoms with E-state index in [9.17, 15) is 29.4 Å². The van der Waals surface area contributed by atoms with Crippen LogP contribution in [0.2, 0.25) is 0 Å². The van der Waals surface area contributed by atoms with Gasteiger partial charge in [-0.2, -0.15) is 0 Å². The monoisotopic (exact) mass is 826 g/mol. The van der Waals surface area contributed by atoms with Gasteiger partial charge in [0.1, 0.15) is 0 Å². The second-order valence-corrected chi connectivity index (χ2v) is 18.2. The van der Waals surface area contributed by atoms with Crippen LogP contribution in [0.5, 0.6) is 0 Å². The summed E-state index contributed by atoms with van der Waals surface area (Å²) in [6.45, 7) is 11.4. The minimum absolute atomic E-state index is 0.0186. The molecule has 2 aliphatic carbocycles. The first-order chi connectivity index (χ1) is 29.3. The molecule has 6 aliphatic heterocycles. The Balaban J connectivity index is 0.000000154. The second kappa shape index (κ2) is 17.5. The number of aromatic nitrogens is 2. The zero-order valence-corrected chi connectivity index (χ0v) is 35.1. The van der Waals surface area contributed by atoms with Crippen LogP contribution >= 0.6 is 0 Å². The highest BCUT2D eigenvalue weighted by molar-refractivity contribution is 5.84. The summed E-state index contributed by atoms with van der Waals surface area (Å²) in [6, 6.07) is 7.31. The van der Waals surface area contributed by atoms with Crippen molar-refractivity contribution in [1.82, 2.24) is 28.7 Å². The Morgan fingerprint density at radius 3 is 1.35 bits per heavy atom. The van der Waals surface area contributed by atoms with Gasteiger partial charge < -0.3 is 38.6 Å². The third kappa shape index (κ3) is 7.55. The first kappa shape index (κ1) is 41.4.